The molecule has 2 aromatic carbocycles. The zero-order valence-corrected chi connectivity index (χ0v) is 15.9. The number of carbonyl (C=O) groups excluding carboxylic acids is 2. The van der Waals surface area contributed by atoms with E-state index in [2.05, 4.69) is 16.0 Å². The van der Waals surface area contributed by atoms with Gasteiger partial charge in [-0.15, -0.1) is 12.4 Å². The van der Waals surface area contributed by atoms with Crippen molar-refractivity contribution in [3.05, 3.63) is 60.2 Å². The third kappa shape index (κ3) is 4.15. The first-order valence-corrected chi connectivity index (χ1v) is 9.15. The lowest BCUT2D eigenvalue weighted by atomic mass is 9.92. The highest BCUT2D eigenvalue weighted by molar-refractivity contribution is 6.07. The van der Waals surface area contributed by atoms with E-state index in [9.17, 15) is 9.59 Å². The smallest absolute Gasteiger partial charge is 0.255 e. The maximum absolute atomic E-state index is 12.7. The van der Waals surface area contributed by atoms with Crippen LogP contribution in [0.1, 0.15) is 29.6 Å². The molecule has 1 atom stereocenters. The van der Waals surface area contributed by atoms with Crippen LogP contribution < -0.4 is 16.0 Å². The average Bonchev–Trinajstić information content (AvgIpc) is 3.37. The molecule has 3 N–H and O–H groups in total. The van der Waals surface area contributed by atoms with Gasteiger partial charge in [-0.3, -0.25) is 9.59 Å². The van der Waals surface area contributed by atoms with E-state index in [0.29, 0.717) is 16.9 Å². The fourth-order valence-electron chi connectivity index (χ4n) is 3.90. The minimum absolute atomic E-state index is 0. The number of benzene rings is 2. The van der Waals surface area contributed by atoms with Crippen molar-refractivity contribution < 1.29 is 9.59 Å². The Balaban J connectivity index is 0.00000210. The highest BCUT2D eigenvalue weighted by Crippen LogP contribution is 2.58. The summed E-state index contributed by atoms with van der Waals surface area (Å²) in [5, 5.41) is 9.28. The summed E-state index contributed by atoms with van der Waals surface area (Å²) in [6, 6.07) is 16.4. The highest BCUT2D eigenvalue weighted by atomic mass is 35.5. The number of hydrogen-bond donors (Lipinski definition) is 3. The molecule has 1 spiro atoms. The Kier molecular flexibility index (Phi) is 5.82. The number of anilines is 2. The summed E-state index contributed by atoms with van der Waals surface area (Å²) in [5.74, 6) is -0.0377. The van der Waals surface area contributed by atoms with Crippen LogP contribution >= 0.6 is 12.4 Å². The zero-order valence-electron chi connectivity index (χ0n) is 15.0. The first-order chi connectivity index (χ1) is 12.7. The topological polar surface area (TPSA) is 70.2 Å². The summed E-state index contributed by atoms with van der Waals surface area (Å²) in [7, 11) is 0. The van der Waals surface area contributed by atoms with E-state index in [0.717, 1.165) is 32.4 Å². The molecule has 0 bridgehead atoms. The van der Waals surface area contributed by atoms with Crippen LogP contribution in [-0.2, 0) is 4.79 Å². The van der Waals surface area contributed by atoms with Crippen molar-refractivity contribution >= 4 is 35.6 Å². The normalized spacial score (nSPS) is 19.6. The number of hydrogen-bond acceptors (Lipinski definition) is 3. The molecule has 1 saturated carbocycles. The molecule has 5 nitrogen and oxygen atoms in total. The van der Waals surface area contributed by atoms with Crippen molar-refractivity contribution in [3.8, 4) is 0 Å². The lowest BCUT2D eigenvalue weighted by Gasteiger charge is -2.23. The van der Waals surface area contributed by atoms with Gasteiger partial charge in [0.25, 0.3) is 5.91 Å². The molecule has 27 heavy (non-hydrogen) atoms. The summed E-state index contributed by atoms with van der Waals surface area (Å²) < 4.78 is 0. The van der Waals surface area contributed by atoms with Gasteiger partial charge in [0, 0.05) is 11.5 Å². The van der Waals surface area contributed by atoms with Gasteiger partial charge in [0.2, 0.25) is 5.91 Å². The molecule has 4 rings (SSSR count). The Morgan fingerprint density at radius 3 is 2.15 bits per heavy atom. The second-order valence-corrected chi connectivity index (χ2v) is 7.22. The molecule has 1 unspecified atom stereocenters. The van der Waals surface area contributed by atoms with E-state index in [-0.39, 0.29) is 35.6 Å². The van der Waals surface area contributed by atoms with Crippen molar-refractivity contribution in [2.75, 3.05) is 23.7 Å². The van der Waals surface area contributed by atoms with Crippen molar-refractivity contribution in [2.24, 2.45) is 11.3 Å². The molecule has 1 saturated heterocycles. The molecular formula is C21H24ClN3O2. The summed E-state index contributed by atoms with van der Waals surface area (Å²) >= 11 is 0. The minimum Gasteiger partial charge on any atom is -0.324 e. The Bertz CT molecular complexity index is 819. The van der Waals surface area contributed by atoms with E-state index < -0.39 is 0 Å². The van der Waals surface area contributed by atoms with Crippen molar-refractivity contribution in [2.45, 2.75) is 19.3 Å². The Labute approximate surface area is 165 Å². The molecule has 1 aliphatic carbocycles. The van der Waals surface area contributed by atoms with E-state index in [1.54, 1.807) is 12.1 Å². The van der Waals surface area contributed by atoms with Crippen molar-refractivity contribution in [3.63, 3.8) is 0 Å². The summed E-state index contributed by atoms with van der Waals surface area (Å²) in [5.41, 5.74) is 2.05. The highest BCUT2D eigenvalue weighted by Gasteiger charge is 2.57. The number of nitrogens with one attached hydrogen (secondary N) is 3. The second-order valence-electron chi connectivity index (χ2n) is 7.22. The fraction of sp³-hybridized carbons (Fsp3) is 0.333. The van der Waals surface area contributed by atoms with Gasteiger partial charge < -0.3 is 16.0 Å². The number of carbonyl (C=O) groups is 2. The molecule has 6 heteroatoms. The van der Waals surface area contributed by atoms with E-state index in [1.165, 1.54) is 0 Å². The number of rotatable bonds is 4. The zero-order chi connectivity index (χ0) is 18.0. The molecule has 2 fully saturated rings. The quantitative estimate of drug-likeness (QED) is 0.751. The lowest BCUT2D eigenvalue weighted by Crippen LogP contribution is -2.31. The van der Waals surface area contributed by atoms with Gasteiger partial charge in [-0.05, 0) is 62.0 Å². The van der Waals surface area contributed by atoms with Crippen molar-refractivity contribution in [1.29, 1.82) is 0 Å². The van der Waals surface area contributed by atoms with Gasteiger partial charge in [-0.2, -0.15) is 0 Å². The summed E-state index contributed by atoms with van der Waals surface area (Å²) in [6.07, 6.45) is 3.11. The molecule has 0 aromatic heterocycles. The molecule has 2 aromatic rings. The monoisotopic (exact) mass is 385 g/mol. The van der Waals surface area contributed by atoms with Crippen LogP contribution in [0.2, 0.25) is 0 Å². The van der Waals surface area contributed by atoms with Crippen molar-refractivity contribution in [1.82, 2.24) is 5.32 Å². The number of piperidine rings is 1. The van der Waals surface area contributed by atoms with Crippen LogP contribution in [0, 0.1) is 11.3 Å². The Morgan fingerprint density at radius 1 is 0.889 bits per heavy atom. The Hall–Kier alpha value is -2.37. The maximum atomic E-state index is 12.7. The van der Waals surface area contributed by atoms with E-state index in [1.807, 2.05) is 42.5 Å². The van der Waals surface area contributed by atoms with Gasteiger partial charge in [-0.25, -0.2) is 0 Å². The number of amides is 2. The van der Waals surface area contributed by atoms with Gasteiger partial charge in [0.1, 0.15) is 0 Å². The largest absolute Gasteiger partial charge is 0.324 e. The molecule has 1 aliphatic heterocycles. The van der Waals surface area contributed by atoms with Crippen LogP contribution in [0.3, 0.4) is 0 Å². The predicted octanol–water partition coefficient (Wildman–Crippen LogP) is 3.69. The van der Waals surface area contributed by atoms with Crippen LogP contribution in [-0.4, -0.2) is 24.9 Å². The van der Waals surface area contributed by atoms with E-state index >= 15 is 0 Å². The molecular weight excluding hydrogens is 362 g/mol. The van der Waals surface area contributed by atoms with Gasteiger partial charge in [0.05, 0.1) is 11.4 Å². The van der Waals surface area contributed by atoms with Gasteiger partial charge in [-0.1, -0.05) is 30.3 Å². The molecule has 142 valence electrons. The second kappa shape index (κ2) is 8.11. The molecule has 2 aliphatic rings. The van der Waals surface area contributed by atoms with Crippen LogP contribution in [0.4, 0.5) is 11.4 Å². The first kappa shape index (κ1) is 19.4. The third-order valence-corrected chi connectivity index (χ3v) is 5.57. The average molecular weight is 386 g/mol. The predicted molar refractivity (Wildman–Crippen MR) is 109 cm³/mol. The fourth-order valence-corrected chi connectivity index (χ4v) is 3.90. The van der Waals surface area contributed by atoms with Gasteiger partial charge in [0.15, 0.2) is 0 Å². The van der Waals surface area contributed by atoms with Crippen LogP contribution in [0.25, 0.3) is 0 Å². The molecule has 2 amide bonds. The summed E-state index contributed by atoms with van der Waals surface area (Å²) in [6.45, 7) is 1.99. The SMILES string of the molecule is Cl.O=C(Nc1ccccc1NC(=O)C1CC12CCNCC2)c1ccccc1. The minimum atomic E-state index is -0.187. The molecule has 1 heterocycles. The summed E-state index contributed by atoms with van der Waals surface area (Å²) in [4.78, 5) is 25.1. The van der Waals surface area contributed by atoms with E-state index in [4.69, 9.17) is 0 Å². The van der Waals surface area contributed by atoms with Gasteiger partial charge >= 0.3 is 0 Å². The third-order valence-electron chi connectivity index (χ3n) is 5.57. The van der Waals surface area contributed by atoms with Crippen LogP contribution in [0.15, 0.2) is 54.6 Å². The Morgan fingerprint density at radius 2 is 1.48 bits per heavy atom. The lowest BCUT2D eigenvalue weighted by molar-refractivity contribution is -0.118. The maximum Gasteiger partial charge on any atom is 0.255 e. The number of halogens is 1. The van der Waals surface area contributed by atoms with Crippen LogP contribution in [0.5, 0.6) is 0 Å². The standard InChI is InChI=1S/C21H23N3O2.ClH/c25-19(15-6-2-1-3-7-15)23-17-8-4-5-9-18(17)24-20(26)16-14-21(16)10-12-22-13-11-21;/h1-9,16,22H,10-14H2,(H,23,25)(H,24,26);1H. The molecule has 0 radical (unpaired) electrons. The first-order valence-electron chi connectivity index (χ1n) is 9.15. The number of para-hydroxylation sites is 2.